The molecular formula is C11H10ClN2O2-. The highest BCUT2D eigenvalue weighted by atomic mass is 35.5. The van der Waals surface area contributed by atoms with E-state index in [1.54, 1.807) is 16.7 Å². The molecular weight excluding hydrogens is 228 g/mol. The third-order valence-electron chi connectivity index (χ3n) is 2.40. The largest absolute Gasteiger partial charge is 0.545 e. The lowest BCUT2D eigenvalue weighted by Crippen LogP contribution is -2.23. The summed E-state index contributed by atoms with van der Waals surface area (Å²) in [5, 5.41) is 11.3. The van der Waals surface area contributed by atoms with Gasteiger partial charge in [-0.3, -0.25) is 0 Å². The minimum absolute atomic E-state index is 0.0398. The maximum absolute atomic E-state index is 11.0. The Morgan fingerprint density at radius 1 is 1.50 bits per heavy atom. The van der Waals surface area contributed by atoms with E-state index < -0.39 is 5.97 Å². The third-order valence-corrected chi connectivity index (χ3v) is 2.67. The summed E-state index contributed by atoms with van der Waals surface area (Å²) in [5.41, 5.74) is 1.20. The number of imidazole rings is 1. The van der Waals surface area contributed by atoms with Crippen LogP contribution in [0.25, 0.3) is 11.0 Å². The number of nitrogens with zero attached hydrogens (tertiary/aromatic N) is 2. The van der Waals surface area contributed by atoms with Crippen molar-refractivity contribution in [1.82, 2.24) is 9.55 Å². The van der Waals surface area contributed by atoms with Crippen molar-refractivity contribution in [1.29, 1.82) is 0 Å². The van der Waals surface area contributed by atoms with E-state index in [-0.39, 0.29) is 11.6 Å². The Labute approximate surface area is 97.5 Å². The number of fused-ring (bicyclic) bond motifs is 1. The van der Waals surface area contributed by atoms with Crippen LogP contribution in [0, 0.1) is 0 Å². The number of aromatic carboxylic acids is 1. The fourth-order valence-corrected chi connectivity index (χ4v) is 2.13. The minimum Gasteiger partial charge on any atom is -0.545 e. The molecule has 0 aliphatic rings. The first-order valence-electron chi connectivity index (χ1n) is 4.90. The number of benzene rings is 1. The van der Waals surface area contributed by atoms with E-state index in [1.165, 1.54) is 6.07 Å². The smallest absolute Gasteiger partial charge is 0.204 e. The van der Waals surface area contributed by atoms with Gasteiger partial charge >= 0.3 is 0 Å². The predicted octanol–water partition coefficient (Wildman–Crippen LogP) is 1.63. The highest BCUT2D eigenvalue weighted by Crippen LogP contribution is 2.26. The number of hydrogen-bond acceptors (Lipinski definition) is 3. The number of rotatable bonds is 2. The van der Waals surface area contributed by atoms with Crippen molar-refractivity contribution in [3.05, 3.63) is 29.0 Å². The number of halogens is 1. The van der Waals surface area contributed by atoms with Crippen molar-refractivity contribution < 1.29 is 9.90 Å². The lowest BCUT2D eigenvalue weighted by Gasteiger charge is -2.12. The Kier molecular flexibility index (Phi) is 2.59. The molecule has 16 heavy (non-hydrogen) atoms. The van der Waals surface area contributed by atoms with Crippen LogP contribution in [0.1, 0.15) is 30.2 Å². The first kappa shape index (κ1) is 11.0. The molecule has 5 heteroatoms. The van der Waals surface area contributed by atoms with Crippen molar-refractivity contribution >= 4 is 28.6 Å². The lowest BCUT2D eigenvalue weighted by atomic mass is 10.2. The van der Waals surface area contributed by atoms with Crippen LogP contribution in [-0.2, 0) is 0 Å². The molecule has 0 saturated heterocycles. The van der Waals surface area contributed by atoms with Crippen LogP contribution in [0.15, 0.2) is 18.2 Å². The number of para-hydroxylation sites is 1. The standard InChI is InChI=1S/C11H11ClN2O2/c1-6(2)14-9-7(10(15)16)4-3-5-8(9)13-11(14)12/h3-6H,1-2H3,(H,15,16)/p-1. The summed E-state index contributed by atoms with van der Waals surface area (Å²) in [7, 11) is 0. The van der Waals surface area contributed by atoms with E-state index in [0.717, 1.165) is 0 Å². The Bertz CT molecular complexity index is 560. The van der Waals surface area contributed by atoms with Crippen molar-refractivity contribution in [3.8, 4) is 0 Å². The Morgan fingerprint density at radius 3 is 2.75 bits per heavy atom. The van der Waals surface area contributed by atoms with Crippen molar-refractivity contribution in [2.45, 2.75) is 19.9 Å². The third kappa shape index (κ3) is 1.55. The monoisotopic (exact) mass is 237 g/mol. The van der Waals surface area contributed by atoms with Gasteiger partial charge in [0.15, 0.2) is 0 Å². The SMILES string of the molecule is CC(C)n1c(Cl)nc2cccc(C(=O)[O-])c21. The van der Waals surface area contributed by atoms with Crippen LogP contribution in [0.2, 0.25) is 5.28 Å². The van der Waals surface area contributed by atoms with Gasteiger partial charge in [-0.15, -0.1) is 0 Å². The zero-order chi connectivity index (χ0) is 11.9. The molecule has 0 atom stereocenters. The molecule has 1 aromatic heterocycles. The van der Waals surface area contributed by atoms with Gasteiger partial charge < -0.3 is 14.5 Å². The molecule has 0 fully saturated rings. The predicted molar refractivity (Wildman–Crippen MR) is 59.5 cm³/mol. The molecule has 0 N–H and O–H groups in total. The molecule has 1 heterocycles. The number of carbonyl (C=O) groups is 1. The van der Waals surface area contributed by atoms with Gasteiger partial charge in [-0.1, -0.05) is 12.1 Å². The molecule has 1 aromatic carbocycles. The minimum atomic E-state index is -1.22. The lowest BCUT2D eigenvalue weighted by molar-refractivity contribution is -0.254. The van der Waals surface area contributed by atoms with Gasteiger partial charge in [-0.25, -0.2) is 4.98 Å². The normalized spacial score (nSPS) is 11.2. The molecule has 0 aliphatic carbocycles. The summed E-state index contributed by atoms with van der Waals surface area (Å²) in [6, 6.07) is 4.89. The van der Waals surface area contributed by atoms with E-state index >= 15 is 0 Å². The van der Waals surface area contributed by atoms with Gasteiger partial charge in [-0.05, 0) is 31.5 Å². The molecule has 2 rings (SSSR count). The summed E-state index contributed by atoms with van der Waals surface area (Å²) >= 11 is 5.98. The second-order valence-electron chi connectivity index (χ2n) is 3.81. The Hall–Kier alpha value is -1.55. The van der Waals surface area contributed by atoms with Crippen LogP contribution < -0.4 is 5.11 Å². The number of carboxylic acids is 1. The molecule has 0 bridgehead atoms. The van der Waals surface area contributed by atoms with Crippen LogP contribution >= 0.6 is 11.6 Å². The summed E-state index contributed by atoms with van der Waals surface area (Å²) in [6.45, 7) is 3.83. The fourth-order valence-electron chi connectivity index (χ4n) is 1.76. The van der Waals surface area contributed by atoms with Gasteiger partial charge in [0.25, 0.3) is 0 Å². The second kappa shape index (κ2) is 3.79. The van der Waals surface area contributed by atoms with Crippen LogP contribution in [-0.4, -0.2) is 15.5 Å². The van der Waals surface area contributed by atoms with Gasteiger partial charge in [-0.2, -0.15) is 0 Å². The number of hydrogen-bond donors (Lipinski definition) is 0. The van der Waals surface area contributed by atoms with Crippen molar-refractivity contribution in [2.24, 2.45) is 0 Å². The number of aromatic nitrogens is 2. The summed E-state index contributed by atoms with van der Waals surface area (Å²) < 4.78 is 1.68. The maximum atomic E-state index is 11.0. The highest BCUT2D eigenvalue weighted by Gasteiger charge is 2.14. The Morgan fingerprint density at radius 2 is 2.19 bits per heavy atom. The molecule has 4 nitrogen and oxygen atoms in total. The van der Waals surface area contributed by atoms with Gasteiger partial charge in [0.2, 0.25) is 5.28 Å². The molecule has 0 amide bonds. The topological polar surface area (TPSA) is 58.0 Å². The molecule has 2 aromatic rings. The van der Waals surface area contributed by atoms with Gasteiger partial charge in [0, 0.05) is 11.6 Å². The maximum Gasteiger partial charge on any atom is 0.204 e. The summed E-state index contributed by atoms with van der Waals surface area (Å²) in [4.78, 5) is 15.1. The average Bonchev–Trinajstić information content (AvgIpc) is 2.52. The first-order valence-corrected chi connectivity index (χ1v) is 5.28. The van der Waals surface area contributed by atoms with Crippen molar-refractivity contribution in [2.75, 3.05) is 0 Å². The summed E-state index contributed by atoms with van der Waals surface area (Å²) in [6.07, 6.45) is 0. The van der Waals surface area contributed by atoms with Crippen LogP contribution in [0.4, 0.5) is 0 Å². The zero-order valence-corrected chi connectivity index (χ0v) is 9.65. The van der Waals surface area contributed by atoms with E-state index in [2.05, 4.69) is 4.98 Å². The molecule has 84 valence electrons. The molecule has 0 saturated carbocycles. The highest BCUT2D eigenvalue weighted by molar-refractivity contribution is 6.29. The quantitative estimate of drug-likeness (QED) is 0.798. The Balaban J connectivity index is 2.88. The van der Waals surface area contributed by atoms with Crippen LogP contribution in [0.5, 0.6) is 0 Å². The van der Waals surface area contributed by atoms with E-state index in [1.807, 2.05) is 13.8 Å². The van der Waals surface area contributed by atoms with Crippen molar-refractivity contribution in [3.63, 3.8) is 0 Å². The molecule has 0 radical (unpaired) electrons. The molecule has 0 unspecified atom stereocenters. The number of carboxylic acid groups (broad SMARTS) is 1. The van der Waals surface area contributed by atoms with E-state index in [9.17, 15) is 9.90 Å². The summed E-state index contributed by atoms with van der Waals surface area (Å²) in [5.74, 6) is -1.22. The number of carbonyl (C=O) groups excluding carboxylic acids is 1. The van der Waals surface area contributed by atoms with Crippen LogP contribution in [0.3, 0.4) is 0 Å². The van der Waals surface area contributed by atoms with Gasteiger partial charge in [0.1, 0.15) is 0 Å². The average molecular weight is 238 g/mol. The fraction of sp³-hybridized carbons (Fsp3) is 0.273. The van der Waals surface area contributed by atoms with Gasteiger partial charge in [0.05, 0.1) is 17.0 Å². The second-order valence-corrected chi connectivity index (χ2v) is 4.14. The van der Waals surface area contributed by atoms with E-state index in [0.29, 0.717) is 16.3 Å². The van der Waals surface area contributed by atoms with E-state index in [4.69, 9.17) is 11.6 Å². The molecule has 0 spiro atoms. The first-order chi connectivity index (χ1) is 7.52. The zero-order valence-electron chi connectivity index (χ0n) is 8.90. The molecule has 0 aliphatic heterocycles.